The number of nitrogens with zero attached hydrogens (tertiary/aromatic N) is 3. The van der Waals surface area contributed by atoms with Crippen molar-refractivity contribution in [1.29, 1.82) is 0 Å². The van der Waals surface area contributed by atoms with Crippen molar-refractivity contribution in [3.63, 3.8) is 0 Å². The van der Waals surface area contributed by atoms with Crippen molar-refractivity contribution < 1.29 is 32.9 Å². The highest BCUT2D eigenvalue weighted by molar-refractivity contribution is 7.92. The first-order chi connectivity index (χ1) is 15.3. The summed E-state index contributed by atoms with van der Waals surface area (Å²) in [6.07, 6.45) is 0.578. The van der Waals surface area contributed by atoms with E-state index < -0.39 is 40.4 Å². The van der Waals surface area contributed by atoms with E-state index in [-0.39, 0.29) is 18.3 Å². The number of carbonyl (C=O) groups is 1. The van der Waals surface area contributed by atoms with Crippen molar-refractivity contribution in [1.82, 2.24) is 9.97 Å². The van der Waals surface area contributed by atoms with Gasteiger partial charge in [0.25, 0.3) is 0 Å². The lowest BCUT2D eigenvalue weighted by atomic mass is 9.97. The number of hydrogen-bond acceptors (Lipinski definition) is 8. The lowest BCUT2D eigenvalue weighted by Gasteiger charge is -2.20. The quantitative estimate of drug-likeness (QED) is 0.514. The van der Waals surface area contributed by atoms with E-state index in [0.29, 0.717) is 22.5 Å². The number of hydrogen-bond donors (Lipinski definition) is 2. The van der Waals surface area contributed by atoms with Crippen LogP contribution < -0.4 is 9.41 Å². The molecule has 0 fully saturated rings. The third-order valence-corrected chi connectivity index (χ3v) is 5.97. The number of aliphatic hydroxyl groups excluding tert-OH is 2. The summed E-state index contributed by atoms with van der Waals surface area (Å²) in [6, 6.07) is 5.46. The maximum absolute atomic E-state index is 13.5. The number of aromatic nitrogens is 2. The summed E-state index contributed by atoms with van der Waals surface area (Å²) in [5.74, 6) is -2.14. The Balaban J connectivity index is 2.61. The lowest BCUT2D eigenvalue weighted by molar-refractivity contribution is -0.307. The molecule has 33 heavy (non-hydrogen) atoms. The van der Waals surface area contributed by atoms with Gasteiger partial charge in [-0.3, -0.25) is 0 Å². The van der Waals surface area contributed by atoms with Crippen molar-refractivity contribution in [2.75, 3.05) is 17.6 Å². The van der Waals surface area contributed by atoms with E-state index in [1.165, 1.54) is 43.5 Å². The molecule has 0 radical (unpaired) electrons. The highest BCUT2D eigenvalue weighted by Gasteiger charge is 2.22. The smallest absolute Gasteiger partial charge is 0.239 e. The standard InChI is InChI=1S/C22H28FN3O6S/c1-13(2)20-18(10-9-16(27)11-17(28)12-19(29)30)21(14-5-7-15(23)8-6-14)25-22(24-20)26(3)33(4,31)32/h5-10,13,16-17,27-28H,11-12H2,1-4H3,(H,29,30)/p-1/b10-9-/t16-,17-/m0/s1. The second kappa shape index (κ2) is 10.8. The van der Waals surface area contributed by atoms with E-state index in [0.717, 1.165) is 10.6 Å². The van der Waals surface area contributed by atoms with Crippen LogP contribution in [0.1, 0.15) is 43.9 Å². The molecule has 180 valence electrons. The number of aliphatic hydroxyl groups is 2. The molecule has 0 bridgehead atoms. The van der Waals surface area contributed by atoms with Gasteiger partial charge in [0.15, 0.2) is 0 Å². The summed E-state index contributed by atoms with van der Waals surface area (Å²) in [4.78, 5) is 19.4. The highest BCUT2D eigenvalue weighted by atomic mass is 32.2. The Morgan fingerprint density at radius 3 is 2.33 bits per heavy atom. The SMILES string of the molecule is CC(C)c1nc(N(C)S(C)(=O)=O)nc(-c2ccc(F)cc2)c1/C=C\[C@H](O)C[C@H](O)CC(=O)[O-]. The summed E-state index contributed by atoms with van der Waals surface area (Å²) in [6.45, 7) is 3.69. The Bertz CT molecular complexity index is 1120. The molecule has 0 amide bonds. The van der Waals surface area contributed by atoms with E-state index in [1.54, 1.807) is 0 Å². The number of anilines is 1. The van der Waals surface area contributed by atoms with Crippen LogP contribution in [0.25, 0.3) is 17.3 Å². The molecule has 0 unspecified atom stereocenters. The monoisotopic (exact) mass is 480 g/mol. The normalized spacial score (nSPS) is 13.9. The number of carbonyl (C=O) groups excluding carboxylic acids is 1. The van der Waals surface area contributed by atoms with E-state index in [1.807, 2.05) is 13.8 Å². The number of sulfonamides is 1. The molecule has 11 heteroatoms. The van der Waals surface area contributed by atoms with E-state index >= 15 is 0 Å². The Labute approximate surface area is 192 Å². The zero-order chi connectivity index (χ0) is 24.9. The Morgan fingerprint density at radius 2 is 1.82 bits per heavy atom. The molecule has 9 nitrogen and oxygen atoms in total. The average molecular weight is 481 g/mol. The van der Waals surface area contributed by atoms with Gasteiger partial charge in [-0.15, -0.1) is 0 Å². The number of benzene rings is 1. The molecule has 0 aliphatic carbocycles. The van der Waals surface area contributed by atoms with E-state index in [9.17, 15) is 32.9 Å². The number of carboxylic acid groups (broad SMARTS) is 1. The minimum atomic E-state index is -3.66. The predicted molar refractivity (Wildman–Crippen MR) is 120 cm³/mol. The van der Waals surface area contributed by atoms with Crippen LogP contribution in [0.3, 0.4) is 0 Å². The number of aliphatic carboxylic acids is 1. The topological polar surface area (TPSA) is 144 Å². The van der Waals surface area contributed by atoms with Crippen molar-refractivity contribution >= 4 is 28.0 Å². The third-order valence-electron chi connectivity index (χ3n) is 4.81. The Hall–Kier alpha value is -2.89. The molecule has 0 saturated heterocycles. The maximum atomic E-state index is 13.5. The van der Waals surface area contributed by atoms with Gasteiger partial charge < -0.3 is 20.1 Å². The summed E-state index contributed by atoms with van der Waals surface area (Å²) in [7, 11) is -2.34. The van der Waals surface area contributed by atoms with Crippen LogP contribution in [0.15, 0.2) is 30.3 Å². The van der Waals surface area contributed by atoms with Gasteiger partial charge in [-0.05, 0) is 30.2 Å². The maximum Gasteiger partial charge on any atom is 0.239 e. The van der Waals surface area contributed by atoms with Crippen LogP contribution in [0.4, 0.5) is 10.3 Å². The summed E-state index contributed by atoms with van der Waals surface area (Å²) >= 11 is 0. The zero-order valence-electron chi connectivity index (χ0n) is 18.8. The van der Waals surface area contributed by atoms with Gasteiger partial charge in [0, 0.05) is 37.0 Å². The van der Waals surface area contributed by atoms with Crippen LogP contribution in [0.2, 0.25) is 0 Å². The molecular weight excluding hydrogens is 453 g/mol. The number of halogens is 1. The molecule has 0 spiro atoms. The Morgan fingerprint density at radius 1 is 1.21 bits per heavy atom. The number of carboxylic acids is 1. The fourth-order valence-corrected chi connectivity index (χ4v) is 3.41. The molecule has 1 aromatic carbocycles. The molecule has 2 N–H and O–H groups in total. The first-order valence-corrected chi connectivity index (χ1v) is 12.0. The van der Waals surface area contributed by atoms with Gasteiger partial charge in [0.1, 0.15) is 5.82 Å². The van der Waals surface area contributed by atoms with Gasteiger partial charge in [-0.25, -0.2) is 27.1 Å². The molecule has 2 atom stereocenters. The van der Waals surface area contributed by atoms with Crippen LogP contribution >= 0.6 is 0 Å². The first kappa shape index (κ1) is 26.4. The fourth-order valence-electron chi connectivity index (χ4n) is 3.04. The van der Waals surface area contributed by atoms with Crippen LogP contribution in [0.5, 0.6) is 0 Å². The largest absolute Gasteiger partial charge is 0.550 e. The molecule has 0 aliphatic heterocycles. The van der Waals surface area contributed by atoms with Crippen LogP contribution in [-0.2, 0) is 14.8 Å². The third kappa shape index (κ3) is 7.31. The molecule has 2 rings (SSSR count). The van der Waals surface area contributed by atoms with Gasteiger partial charge in [-0.1, -0.05) is 26.0 Å². The predicted octanol–water partition coefficient (Wildman–Crippen LogP) is 1.07. The molecule has 1 aromatic heterocycles. The molecule has 2 aromatic rings. The second-order valence-corrected chi connectivity index (χ2v) is 9.97. The van der Waals surface area contributed by atoms with Gasteiger partial charge in [0.05, 0.1) is 29.9 Å². The summed E-state index contributed by atoms with van der Waals surface area (Å²) in [5.41, 5.74) is 1.76. The minimum absolute atomic E-state index is 0.0670. The minimum Gasteiger partial charge on any atom is -0.550 e. The van der Waals surface area contributed by atoms with Crippen molar-refractivity contribution in [2.45, 2.75) is 44.8 Å². The number of rotatable bonds is 10. The Kier molecular flexibility index (Phi) is 8.64. The highest BCUT2D eigenvalue weighted by Crippen LogP contribution is 2.31. The molecule has 0 aliphatic rings. The average Bonchev–Trinajstić information content (AvgIpc) is 2.70. The van der Waals surface area contributed by atoms with Crippen LogP contribution in [-0.4, -0.2) is 60.1 Å². The lowest BCUT2D eigenvalue weighted by Crippen LogP contribution is -2.29. The molecule has 0 saturated carbocycles. The van der Waals surface area contributed by atoms with E-state index in [2.05, 4.69) is 9.97 Å². The summed E-state index contributed by atoms with van der Waals surface area (Å²) in [5, 5.41) is 30.6. The van der Waals surface area contributed by atoms with E-state index in [4.69, 9.17) is 0 Å². The first-order valence-electron chi connectivity index (χ1n) is 10.2. The fraction of sp³-hybridized carbons (Fsp3) is 0.409. The van der Waals surface area contributed by atoms with Gasteiger partial charge >= 0.3 is 0 Å². The van der Waals surface area contributed by atoms with Crippen molar-refractivity contribution in [2.24, 2.45) is 0 Å². The molecule has 1 heterocycles. The van der Waals surface area contributed by atoms with Gasteiger partial charge in [0.2, 0.25) is 16.0 Å². The second-order valence-electron chi connectivity index (χ2n) is 7.96. The van der Waals surface area contributed by atoms with Crippen LogP contribution in [0, 0.1) is 5.82 Å². The van der Waals surface area contributed by atoms with Crippen molar-refractivity contribution in [3.05, 3.63) is 47.4 Å². The van der Waals surface area contributed by atoms with Gasteiger partial charge in [-0.2, -0.15) is 0 Å². The van der Waals surface area contributed by atoms with Crippen molar-refractivity contribution in [3.8, 4) is 11.3 Å². The molecular formula is C22H27FN3O6S-. The zero-order valence-corrected chi connectivity index (χ0v) is 19.6. The summed E-state index contributed by atoms with van der Waals surface area (Å²) < 4.78 is 38.6.